The molecule has 7 aromatic rings. The van der Waals surface area contributed by atoms with Crippen LogP contribution in [-0.4, -0.2) is 13.9 Å². The van der Waals surface area contributed by atoms with E-state index in [9.17, 15) is 4.79 Å². The van der Waals surface area contributed by atoms with E-state index in [-0.39, 0.29) is 5.78 Å². The molecule has 8 rings (SSSR count). The lowest BCUT2D eigenvalue weighted by Crippen LogP contribution is -2.77. The normalized spacial score (nSPS) is 13.0. The zero-order valence-electron chi connectivity index (χ0n) is 25.3. The average molecular weight is 606 g/mol. The zero-order chi connectivity index (χ0) is 30.9. The molecule has 0 radical (unpaired) electrons. The molecule has 1 aliphatic heterocycles. The largest absolute Gasteiger partial charge is 0.310 e. The maximum absolute atomic E-state index is 13.9. The van der Waals surface area contributed by atoms with Gasteiger partial charge in [-0.25, -0.2) is 0 Å². The van der Waals surface area contributed by atoms with E-state index in [0.717, 1.165) is 16.8 Å². The molecule has 0 aliphatic carbocycles. The number of fused-ring (bicyclic) bond motifs is 2. The van der Waals surface area contributed by atoms with Gasteiger partial charge in [0.1, 0.15) is 0 Å². The zero-order valence-corrected chi connectivity index (χ0v) is 26.3. The van der Waals surface area contributed by atoms with Crippen molar-refractivity contribution < 1.29 is 4.79 Å². The standard InChI is InChI=1S/C43H31NOSi/c45-43(32-18-4-1-5-19-32)37-26-11-10-24-35(37)36-25-12-13-27-38(36)44-39-28-14-16-30-41(39)46(33-20-6-2-7-21-33,34-22-8-3-9-23-34)42-31-17-15-29-40(42)44/h1-31H. The molecule has 0 fully saturated rings. The van der Waals surface area contributed by atoms with Crippen LogP contribution in [0.25, 0.3) is 11.1 Å². The molecule has 7 aromatic carbocycles. The number of nitrogens with zero attached hydrogens (tertiary/aromatic N) is 1. The van der Waals surface area contributed by atoms with Crippen molar-refractivity contribution in [1.29, 1.82) is 0 Å². The molecule has 0 bridgehead atoms. The molecular weight excluding hydrogens is 575 g/mol. The van der Waals surface area contributed by atoms with Crippen LogP contribution >= 0.6 is 0 Å². The van der Waals surface area contributed by atoms with Gasteiger partial charge in [0.15, 0.2) is 13.9 Å². The van der Waals surface area contributed by atoms with Gasteiger partial charge in [-0.15, -0.1) is 0 Å². The van der Waals surface area contributed by atoms with Crippen LogP contribution in [0, 0.1) is 0 Å². The molecular formula is C43H31NOSi. The van der Waals surface area contributed by atoms with E-state index in [0.29, 0.717) is 11.1 Å². The Morgan fingerprint density at radius 3 is 1.37 bits per heavy atom. The molecule has 0 saturated carbocycles. The number of hydrogen-bond donors (Lipinski definition) is 0. The minimum Gasteiger partial charge on any atom is -0.310 e. The van der Waals surface area contributed by atoms with Crippen molar-refractivity contribution in [1.82, 2.24) is 0 Å². The first-order chi connectivity index (χ1) is 22.8. The molecule has 1 aliphatic rings. The third-order valence-corrected chi connectivity index (χ3v) is 14.0. The Labute approximate surface area is 270 Å². The lowest BCUT2D eigenvalue weighted by Gasteiger charge is -2.45. The SMILES string of the molecule is O=C(c1ccccc1)c1ccccc1-c1ccccc1N1c2ccccc2[Si](c2ccccc2)(c2ccccc2)c2ccccc21. The third kappa shape index (κ3) is 4.36. The highest BCUT2D eigenvalue weighted by atomic mass is 28.3. The number of rotatable bonds is 6. The average Bonchev–Trinajstić information content (AvgIpc) is 3.14. The van der Waals surface area contributed by atoms with Gasteiger partial charge in [0.25, 0.3) is 0 Å². The third-order valence-electron chi connectivity index (χ3n) is 9.15. The van der Waals surface area contributed by atoms with Crippen LogP contribution in [-0.2, 0) is 0 Å². The fourth-order valence-electron chi connectivity index (χ4n) is 7.23. The summed E-state index contributed by atoms with van der Waals surface area (Å²) in [6.07, 6.45) is 0. The van der Waals surface area contributed by atoms with Crippen molar-refractivity contribution in [2.45, 2.75) is 0 Å². The maximum atomic E-state index is 13.9. The van der Waals surface area contributed by atoms with Gasteiger partial charge in [-0.05, 0) is 44.5 Å². The van der Waals surface area contributed by atoms with E-state index in [1.54, 1.807) is 0 Å². The predicted octanol–water partition coefficient (Wildman–Crippen LogP) is 7.75. The highest BCUT2D eigenvalue weighted by molar-refractivity contribution is 7.21. The van der Waals surface area contributed by atoms with Gasteiger partial charge < -0.3 is 4.90 Å². The topological polar surface area (TPSA) is 20.3 Å². The Hall–Kier alpha value is -5.77. The van der Waals surface area contributed by atoms with E-state index < -0.39 is 8.07 Å². The van der Waals surface area contributed by atoms with Crippen LogP contribution in [0.4, 0.5) is 17.1 Å². The van der Waals surface area contributed by atoms with Crippen molar-refractivity contribution in [3.63, 3.8) is 0 Å². The number of carbonyl (C=O) groups is 1. The summed E-state index contributed by atoms with van der Waals surface area (Å²) in [5, 5.41) is 5.39. The molecule has 2 nitrogen and oxygen atoms in total. The summed E-state index contributed by atoms with van der Waals surface area (Å²) in [5.41, 5.74) is 6.68. The molecule has 46 heavy (non-hydrogen) atoms. The fourth-order valence-corrected chi connectivity index (χ4v) is 12.3. The molecule has 3 heteroatoms. The Kier molecular flexibility index (Phi) is 7.01. The van der Waals surface area contributed by atoms with E-state index in [2.05, 4.69) is 144 Å². The number of anilines is 3. The Morgan fingerprint density at radius 2 is 0.804 bits per heavy atom. The first-order valence-corrected chi connectivity index (χ1v) is 17.7. The summed E-state index contributed by atoms with van der Waals surface area (Å²) in [6, 6.07) is 66.0. The number of benzene rings is 7. The van der Waals surface area contributed by atoms with Gasteiger partial charge in [-0.2, -0.15) is 0 Å². The second-order valence-corrected chi connectivity index (χ2v) is 15.3. The van der Waals surface area contributed by atoms with Crippen LogP contribution in [0.1, 0.15) is 15.9 Å². The minimum absolute atomic E-state index is 0.0185. The number of ketones is 1. The molecule has 0 unspecified atom stereocenters. The Morgan fingerprint density at radius 1 is 0.391 bits per heavy atom. The molecule has 0 N–H and O–H groups in total. The van der Waals surface area contributed by atoms with E-state index in [1.807, 2.05) is 48.5 Å². The molecule has 0 atom stereocenters. The number of hydrogen-bond acceptors (Lipinski definition) is 2. The lowest BCUT2D eigenvalue weighted by atomic mass is 9.92. The van der Waals surface area contributed by atoms with Crippen molar-refractivity contribution in [2.75, 3.05) is 4.90 Å². The molecule has 0 amide bonds. The van der Waals surface area contributed by atoms with Gasteiger partial charge in [0.2, 0.25) is 0 Å². The van der Waals surface area contributed by atoms with Crippen molar-refractivity contribution in [3.05, 3.63) is 199 Å². The van der Waals surface area contributed by atoms with E-state index in [1.165, 1.54) is 32.1 Å². The van der Waals surface area contributed by atoms with Crippen LogP contribution in [0.15, 0.2) is 188 Å². The molecule has 1 heterocycles. The van der Waals surface area contributed by atoms with Crippen LogP contribution in [0.5, 0.6) is 0 Å². The molecule has 218 valence electrons. The Bertz CT molecular complexity index is 2090. The molecule has 0 spiro atoms. The maximum Gasteiger partial charge on any atom is 0.193 e. The van der Waals surface area contributed by atoms with Gasteiger partial charge in [0, 0.05) is 28.1 Å². The number of para-hydroxylation sites is 3. The van der Waals surface area contributed by atoms with Crippen LogP contribution in [0.2, 0.25) is 0 Å². The summed E-state index contributed by atoms with van der Waals surface area (Å²) in [7, 11) is -2.72. The molecule has 0 saturated heterocycles. The van der Waals surface area contributed by atoms with Crippen LogP contribution in [0.3, 0.4) is 0 Å². The number of carbonyl (C=O) groups excluding carboxylic acids is 1. The van der Waals surface area contributed by atoms with Gasteiger partial charge in [-0.1, -0.05) is 170 Å². The van der Waals surface area contributed by atoms with Gasteiger partial charge in [-0.3, -0.25) is 4.79 Å². The first kappa shape index (κ1) is 27.8. The monoisotopic (exact) mass is 605 g/mol. The summed E-state index contributed by atoms with van der Waals surface area (Å²) >= 11 is 0. The highest BCUT2D eigenvalue weighted by Crippen LogP contribution is 2.43. The predicted molar refractivity (Wildman–Crippen MR) is 194 cm³/mol. The Balaban J connectivity index is 1.41. The smallest absolute Gasteiger partial charge is 0.193 e. The van der Waals surface area contributed by atoms with Crippen molar-refractivity contribution in [3.8, 4) is 11.1 Å². The van der Waals surface area contributed by atoms with E-state index >= 15 is 0 Å². The lowest BCUT2D eigenvalue weighted by molar-refractivity contribution is 0.103. The van der Waals surface area contributed by atoms with Crippen LogP contribution < -0.4 is 25.6 Å². The van der Waals surface area contributed by atoms with Crippen molar-refractivity contribution in [2.24, 2.45) is 0 Å². The second kappa shape index (κ2) is 11.6. The summed E-state index contributed by atoms with van der Waals surface area (Å²) < 4.78 is 0. The first-order valence-electron chi connectivity index (χ1n) is 15.7. The van der Waals surface area contributed by atoms with Gasteiger partial charge in [0.05, 0.1) is 5.69 Å². The summed E-state index contributed by atoms with van der Waals surface area (Å²) in [4.78, 5) is 16.3. The quantitative estimate of drug-likeness (QED) is 0.143. The summed E-state index contributed by atoms with van der Waals surface area (Å²) in [5.74, 6) is 0.0185. The highest BCUT2D eigenvalue weighted by Gasteiger charge is 2.48. The second-order valence-electron chi connectivity index (χ2n) is 11.6. The van der Waals surface area contributed by atoms with Gasteiger partial charge >= 0.3 is 0 Å². The fraction of sp³-hybridized carbons (Fsp3) is 0. The van der Waals surface area contributed by atoms with Crippen molar-refractivity contribution >= 4 is 51.7 Å². The minimum atomic E-state index is -2.72. The molecule has 0 aromatic heterocycles. The van der Waals surface area contributed by atoms with E-state index in [4.69, 9.17) is 0 Å². The summed E-state index contributed by atoms with van der Waals surface area (Å²) in [6.45, 7) is 0.